The van der Waals surface area contributed by atoms with Crippen LogP contribution in [0.3, 0.4) is 0 Å². The summed E-state index contributed by atoms with van der Waals surface area (Å²) in [7, 11) is -4.33. The van der Waals surface area contributed by atoms with Gasteiger partial charge >= 0.3 is 6.18 Å². The molecular formula is C22H23F3N2O3S2. The van der Waals surface area contributed by atoms with Gasteiger partial charge < -0.3 is 5.32 Å². The van der Waals surface area contributed by atoms with E-state index in [0.29, 0.717) is 11.4 Å². The largest absolute Gasteiger partial charge is 0.417 e. The van der Waals surface area contributed by atoms with Gasteiger partial charge in [-0.3, -0.25) is 4.79 Å². The van der Waals surface area contributed by atoms with Crippen LogP contribution in [0.15, 0.2) is 71.0 Å². The summed E-state index contributed by atoms with van der Waals surface area (Å²) >= 11 is 1.53. The van der Waals surface area contributed by atoms with E-state index in [1.165, 1.54) is 17.8 Å². The number of sulfonamides is 1. The van der Waals surface area contributed by atoms with Crippen molar-refractivity contribution < 1.29 is 26.4 Å². The van der Waals surface area contributed by atoms with Crippen LogP contribution in [0.4, 0.5) is 18.9 Å². The maximum absolute atomic E-state index is 13.3. The number of hydrogen-bond acceptors (Lipinski definition) is 4. The van der Waals surface area contributed by atoms with Gasteiger partial charge in [-0.05, 0) is 37.1 Å². The summed E-state index contributed by atoms with van der Waals surface area (Å²) in [5.41, 5.74) is -0.521. The monoisotopic (exact) mass is 484 g/mol. The van der Waals surface area contributed by atoms with Crippen LogP contribution in [-0.2, 0) is 21.0 Å². The summed E-state index contributed by atoms with van der Waals surface area (Å²) in [6.45, 7) is 3.63. The van der Waals surface area contributed by atoms with Crippen molar-refractivity contribution in [2.24, 2.45) is 5.92 Å². The Bertz CT molecular complexity index is 1080. The molecular weight excluding hydrogens is 461 g/mol. The minimum absolute atomic E-state index is 0.0283. The molecule has 10 heteroatoms. The average Bonchev–Trinajstić information content (AvgIpc) is 2.78. The first kappa shape index (κ1) is 24.3. The summed E-state index contributed by atoms with van der Waals surface area (Å²) in [5, 5.41) is 2.89. The molecule has 0 radical (unpaired) electrons. The molecule has 2 aromatic carbocycles. The van der Waals surface area contributed by atoms with Gasteiger partial charge in [0, 0.05) is 29.7 Å². The van der Waals surface area contributed by atoms with Crippen molar-refractivity contribution in [3.63, 3.8) is 0 Å². The number of nitrogens with zero attached hydrogens (tertiary/aromatic N) is 1. The predicted molar refractivity (Wildman–Crippen MR) is 119 cm³/mol. The molecule has 1 N–H and O–H groups in total. The minimum atomic E-state index is -4.78. The van der Waals surface area contributed by atoms with E-state index in [-0.39, 0.29) is 31.8 Å². The number of para-hydroxylation sites is 1. The highest BCUT2D eigenvalue weighted by atomic mass is 32.2. The molecule has 2 aromatic rings. The van der Waals surface area contributed by atoms with Crippen molar-refractivity contribution in [1.29, 1.82) is 0 Å². The van der Waals surface area contributed by atoms with Crippen molar-refractivity contribution in [3.05, 3.63) is 66.7 Å². The van der Waals surface area contributed by atoms with Gasteiger partial charge in [0.25, 0.3) is 0 Å². The van der Waals surface area contributed by atoms with Crippen molar-refractivity contribution in [2.45, 2.75) is 28.8 Å². The summed E-state index contributed by atoms with van der Waals surface area (Å²) in [6.07, 6.45) is -2.57. The van der Waals surface area contributed by atoms with Crippen molar-refractivity contribution in [3.8, 4) is 0 Å². The minimum Gasteiger partial charge on any atom is -0.325 e. The Hall–Kier alpha value is -2.30. The first-order chi connectivity index (χ1) is 15.1. The van der Waals surface area contributed by atoms with E-state index in [1.807, 2.05) is 12.1 Å². The summed E-state index contributed by atoms with van der Waals surface area (Å²) in [5.74, 6) is 0.0175. The zero-order valence-corrected chi connectivity index (χ0v) is 18.8. The fourth-order valence-corrected chi connectivity index (χ4v) is 5.93. The van der Waals surface area contributed by atoms with Crippen molar-refractivity contribution in [1.82, 2.24) is 4.31 Å². The lowest BCUT2D eigenvalue weighted by atomic mass is 9.97. The zero-order valence-electron chi connectivity index (χ0n) is 17.1. The second-order valence-corrected chi connectivity index (χ2v) is 10.2. The number of thioether (sulfide) groups is 1. The van der Waals surface area contributed by atoms with E-state index in [0.717, 1.165) is 27.4 Å². The van der Waals surface area contributed by atoms with Gasteiger partial charge in [-0.25, -0.2) is 8.42 Å². The number of alkyl halides is 3. The van der Waals surface area contributed by atoms with Gasteiger partial charge in [0.05, 0.1) is 16.1 Å². The molecule has 0 unspecified atom stereocenters. The number of halogens is 3. The molecule has 3 rings (SSSR count). The van der Waals surface area contributed by atoms with Gasteiger partial charge in [0.1, 0.15) is 0 Å². The number of anilines is 1. The predicted octanol–water partition coefficient (Wildman–Crippen LogP) is 5.02. The van der Waals surface area contributed by atoms with E-state index in [4.69, 9.17) is 0 Å². The summed E-state index contributed by atoms with van der Waals surface area (Å²) < 4.78 is 66.7. The van der Waals surface area contributed by atoms with Gasteiger partial charge in [0.2, 0.25) is 15.9 Å². The molecule has 172 valence electrons. The van der Waals surface area contributed by atoms with E-state index < -0.39 is 32.6 Å². The van der Waals surface area contributed by atoms with E-state index >= 15 is 0 Å². The lowest BCUT2D eigenvalue weighted by molar-refractivity contribution is -0.139. The molecule has 0 atom stereocenters. The quantitative estimate of drug-likeness (QED) is 0.443. The number of piperidine rings is 1. The number of carbonyl (C=O) groups is 1. The highest BCUT2D eigenvalue weighted by Crippen LogP contribution is 2.36. The first-order valence-corrected chi connectivity index (χ1v) is 12.4. The molecule has 1 aliphatic heterocycles. The maximum atomic E-state index is 13.3. The Morgan fingerprint density at radius 2 is 1.75 bits per heavy atom. The van der Waals surface area contributed by atoms with Crippen molar-refractivity contribution >= 4 is 33.4 Å². The van der Waals surface area contributed by atoms with Gasteiger partial charge in [-0.15, -0.1) is 18.3 Å². The smallest absolute Gasteiger partial charge is 0.325 e. The molecule has 5 nitrogen and oxygen atoms in total. The molecule has 0 bridgehead atoms. The molecule has 1 aliphatic rings. The van der Waals surface area contributed by atoms with Crippen LogP contribution < -0.4 is 5.32 Å². The topological polar surface area (TPSA) is 66.5 Å². The standard InChI is InChI=1S/C22H23F3N2O3S2/c1-2-15-31-19-9-5-4-8-18(19)26-21(28)16-11-13-27(14-12-16)32(29,30)20-10-6-3-7-17(20)22(23,24)25/h2-10,16H,1,11-15H2,(H,26,28). The number of hydrogen-bond donors (Lipinski definition) is 1. The molecule has 32 heavy (non-hydrogen) atoms. The van der Waals surface area contributed by atoms with Crippen LogP contribution in [0.1, 0.15) is 18.4 Å². The zero-order chi connectivity index (χ0) is 23.4. The molecule has 0 saturated carbocycles. The number of amides is 1. The third-order valence-electron chi connectivity index (χ3n) is 5.14. The molecule has 1 saturated heterocycles. The number of rotatable bonds is 7. The highest BCUT2D eigenvalue weighted by molar-refractivity contribution is 7.99. The second-order valence-electron chi connectivity index (χ2n) is 7.26. The Morgan fingerprint density at radius 3 is 2.41 bits per heavy atom. The second kappa shape index (κ2) is 10.1. The lowest BCUT2D eigenvalue weighted by Gasteiger charge is -2.31. The number of benzene rings is 2. The van der Waals surface area contributed by atoms with Crippen LogP contribution in [-0.4, -0.2) is 37.5 Å². The first-order valence-electron chi connectivity index (χ1n) is 9.94. The third kappa shape index (κ3) is 5.54. The Kier molecular flexibility index (Phi) is 7.68. The van der Waals surface area contributed by atoms with Gasteiger partial charge in [-0.2, -0.15) is 17.5 Å². The SMILES string of the molecule is C=CCSc1ccccc1NC(=O)C1CCN(S(=O)(=O)c2ccccc2C(F)(F)F)CC1. The number of nitrogens with one attached hydrogen (secondary N) is 1. The van der Waals surface area contributed by atoms with Crippen molar-refractivity contribution in [2.75, 3.05) is 24.2 Å². The van der Waals surface area contributed by atoms with E-state index in [9.17, 15) is 26.4 Å². The Labute approximate surface area is 189 Å². The van der Waals surface area contributed by atoms with Gasteiger partial charge in [-0.1, -0.05) is 30.3 Å². The molecule has 1 amide bonds. The maximum Gasteiger partial charge on any atom is 0.417 e. The summed E-state index contributed by atoms with van der Waals surface area (Å²) in [6, 6.07) is 11.5. The van der Waals surface area contributed by atoms with Crippen LogP contribution in [0.25, 0.3) is 0 Å². The number of carbonyl (C=O) groups excluding carboxylic acids is 1. The van der Waals surface area contributed by atoms with Gasteiger partial charge in [0.15, 0.2) is 0 Å². The Morgan fingerprint density at radius 1 is 1.12 bits per heavy atom. The third-order valence-corrected chi connectivity index (χ3v) is 8.16. The van der Waals surface area contributed by atoms with Crippen LogP contribution in [0.2, 0.25) is 0 Å². The summed E-state index contributed by atoms with van der Waals surface area (Å²) in [4.78, 5) is 12.9. The molecule has 0 aromatic heterocycles. The Balaban J connectivity index is 1.68. The average molecular weight is 485 g/mol. The fraction of sp³-hybridized carbons (Fsp3) is 0.318. The van der Waals surface area contributed by atoms with E-state index in [2.05, 4.69) is 11.9 Å². The normalized spacial score (nSPS) is 16.0. The highest BCUT2D eigenvalue weighted by Gasteiger charge is 2.40. The van der Waals surface area contributed by atoms with E-state index in [1.54, 1.807) is 18.2 Å². The molecule has 0 aliphatic carbocycles. The van der Waals surface area contributed by atoms with Crippen LogP contribution in [0, 0.1) is 5.92 Å². The van der Waals surface area contributed by atoms with Crippen LogP contribution >= 0.6 is 11.8 Å². The fourth-order valence-electron chi connectivity index (χ4n) is 3.50. The molecule has 0 spiro atoms. The lowest BCUT2D eigenvalue weighted by Crippen LogP contribution is -2.41. The molecule has 1 heterocycles. The van der Waals surface area contributed by atoms with Crippen LogP contribution in [0.5, 0.6) is 0 Å². The molecule has 1 fully saturated rings.